The van der Waals surface area contributed by atoms with Crippen LogP contribution in [0.25, 0.3) is 0 Å². The van der Waals surface area contributed by atoms with E-state index in [1.807, 2.05) is 0 Å². The van der Waals surface area contributed by atoms with Crippen molar-refractivity contribution in [3.8, 4) is 0 Å². The van der Waals surface area contributed by atoms with Gasteiger partial charge in [0, 0.05) is 13.1 Å². The lowest BCUT2D eigenvalue weighted by Crippen LogP contribution is -2.43. The lowest BCUT2D eigenvalue weighted by molar-refractivity contribution is -0.182. The zero-order chi connectivity index (χ0) is 13.3. The first-order chi connectivity index (χ1) is 7.63. The van der Waals surface area contributed by atoms with Crippen LogP contribution in [-0.4, -0.2) is 38.1 Å². The summed E-state index contributed by atoms with van der Waals surface area (Å²) in [4.78, 5) is 10.3. The fraction of sp³-hybridized carbons (Fsp3) is 0.857. The molecule has 1 aliphatic rings. The number of hydrogen-bond donors (Lipinski definition) is 1. The summed E-state index contributed by atoms with van der Waals surface area (Å²) in [6, 6.07) is 0. The van der Waals surface area contributed by atoms with E-state index in [-0.39, 0.29) is 25.9 Å². The molecule has 0 aromatic carbocycles. The fourth-order valence-corrected chi connectivity index (χ4v) is 2.53. The van der Waals surface area contributed by atoms with E-state index in [1.54, 1.807) is 0 Å². The molecule has 1 saturated heterocycles. The molecule has 6 nitrogen and oxygen atoms in total. The molecule has 0 radical (unpaired) electrons. The van der Waals surface area contributed by atoms with Gasteiger partial charge in [-0.1, -0.05) is 0 Å². The Labute approximate surface area is 95.8 Å². The molecule has 1 heterocycles. The van der Waals surface area contributed by atoms with Gasteiger partial charge in [0.05, 0.1) is 5.92 Å². The summed E-state index contributed by atoms with van der Waals surface area (Å²) in [6.45, 7) is -0.695. The third-order valence-electron chi connectivity index (χ3n) is 2.42. The van der Waals surface area contributed by atoms with E-state index in [9.17, 15) is 26.4 Å². The number of carbonyl (C=O) groups is 1. The second kappa shape index (κ2) is 4.69. The summed E-state index contributed by atoms with van der Waals surface area (Å²) in [6.07, 6.45) is -6.56. The normalized spacial score (nSPS) is 20.2. The number of nitrogens with two attached hydrogens (primary N) is 1. The molecular weight excluding hydrogens is 265 g/mol. The van der Waals surface area contributed by atoms with Crippen LogP contribution in [0.1, 0.15) is 12.8 Å². The number of alkyl halides is 3. The summed E-state index contributed by atoms with van der Waals surface area (Å²) >= 11 is 0. The van der Waals surface area contributed by atoms with Crippen molar-refractivity contribution in [3.63, 3.8) is 0 Å². The van der Waals surface area contributed by atoms with E-state index in [0.29, 0.717) is 4.31 Å². The summed E-state index contributed by atoms with van der Waals surface area (Å²) in [7, 11) is -4.36. The van der Waals surface area contributed by atoms with Gasteiger partial charge in [0.1, 0.15) is 0 Å². The van der Waals surface area contributed by atoms with Gasteiger partial charge in [-0.15, -0.1) is 0 Å². The van der Waals surface area contributed by atoms with E-state index in [4.69, 9.17) is 0 Å². The zero-order valence-electron chi connectivity index (χ0n) is 8.61. The molecule has 0 spiro atoms. The van der Waals surface area contributed by atoms with Crippen LogP contribution in [0.2, 0.25) is 0 Å². The summed E-state index contributed by atoms with van der Waals surface area (Å²) in [5.74, 6) is -1.53. The number of amides is 1. The van der Waals surface area contributed by atoms with Crippen molar-refractivity contribution < 1.29 is 30.6 Å². The number of carbonyl (C=O) groups excluding carboxylic acids is 1. The fourth-order valence-electron chi connectivity index (χ4n) is 1.56. The zero-order valence-corrected chi connectivity index (χ0v) is 9.42. The number of rotatable bonds is 2. The molecule has 0 atom stereocenters. The molecule has 0 bridgehead atoms. The highest BCUT2D eigenvalue weighted by Gasteiger charge is 2.43. The Morgan fingerprint density at radius 1 is 1.29 bits per heavy atom. The summed E-state index contributed by atoms with van der Waals surface area (Å²) in [5.41, 5.74) is 4.53. The maximum Gasteiger partial charge on any atom is 0.421 e. The third kappa shape index (κ3) is 3.73. The minimum Gasteiger partial charge on any atom is -0.334 e. The Morgan fingerprint density at radius 2 is 1.76 bits per heavy atom. The van der Waals surface area contributed by atoms with Gasteiger partial charge in [-0.25, -0.2) is 4.79 Å². The number of primary amides is 1. The van der Waals surface area contributed by atoms with Gasteiger partial charge in [-0.3, -0.25) is 0 Å². The molecule has 17 heavy (non-hydrogen) atoms. The van der Waals surface area contributed by atoms with Gasteiger partial charge in [0.2, 0.25) is 0 Å². The topological polar surface area (TPSA) is 89.7 Å². The second-order valence-corrected chi connectivity index (χ2v) is 5.11. The molecule has 0 unspecified atom stereocenters. The Hall–Kier alpha value is -1.03. The van der Waals surface area contributed by atoms with Gasteiger partial charge in [0.15, 0.2) is 0 Å². The van der Waals surface area contributed by atoms with Crippen LogP contribution in [0, 0.1) is 5.92 Å². The molecule has 1 aliphatic heterocycles. The van der Waals surface area contributed by atoms with E-state index >= 15 is 0 Å². The number of nitrogens with zero attached hydrogens (tertiary/aromatic N) is 1. The highest BCUT2D eigenvalue weighted by Crippen LogP contribution is 2.34. The predicted octanol–water partition coefficient (Wildman–Crippen LogP) is 0.601. The molecule has 0 aromatic rings. The molecule has 10 heteroatoms. The lowest BCUT2D eigenvalue weighted by Gasteiger charge is -2.30. The average Bonchev–Trinajstić information content (AvgIpc) is 2.14. The van der Waals surface area contributed by atoms with Gasteiger partial charge in [-0.05, 0) is 12.8 Å². The van der Waals surface area contributed by atoms with Gasteiger partial charge in [-0.2, -0.15) is 25.9 Å². The maximum atomic E-state index is 12.3. The van der Waals surface area contributed by atoms with Crippen LogP contribution in [0.3, 0.4) is 0 Å². The van der Waals surface area contributed by atoms with Crippen molar-refractivity contribution in [2.75, 3.05) is 13.1 Å². The van der Waals surface area contributed by atoms with Crippen molar-refractivity contribution in [1.29, 1.82) is 0 Å². The molecule has 1 rings (SSSR count). The molecule has 0 aliphatic carbocycles. The van der Waals surface area contributed by atoms with E-state index in [1.165, 1.54) is 0 Å². The first-order valence-corrected chi connectivity index (χ1v) is 6.05. The van der Waals surface area contributed by atoms with Crippen LogP contribution in [0.4, 0.5) is 18.0 Å². The summed E-state index contributed by atoms with van der Waals surface area (Å²) < 4.78 is 64.0. The van der Waals surface area contributed by atoms with Crippen molar-refractivity contribution in [1.82, 2.24) is 4.31 Å². The van der Waals surface area contributed by atoms with Crippen molar-refractivity contribution in [2.45, 2.75) is 19.0 Å². The maximum absolute atomic E-state index is 12.3. The Kier molecular flexibility index (Phi) is 3.87. The Balaban J connectivity index is 2.61. The smallest absolute Gasteiger partial charge is 0.334 e. The number of piperidine rings is 1. The van der Waals surface area contributed by atoms with Crippen LogP contribution < -0.4 is 5.73 Å². The molecule has 2 N–H and O–H groups in total. The molecular formula is C7H11F3N2O4S. The molecule has 100 valence electrons. The third-order valence-corrected chi connectivity index (χ3v) is 3.79. The van der Waals surface area contributed by atoms with Gasteiger partial charge < -0.3 is 9.92 Å². The van der Waals surface area contributed by atoms with Crippen molar-refractivity contribution >= 4 is 16.4 Å². The predicted molar refractivity (Wildman–Crippen MR) is 49.9 cm³/mol. The van der Waals surface area contributed by atoms with Crippen molar-refractivity contribution in [2.24, 2.45) is 11.7 Å². The summed E-state index contributed by atoms with van der Waals surface area (Å²) in [5, 5.41) is 0. The van der Waals surface area contributed by atoms with E-state index < -0.39 is 28.5 Å². The highest BCUT2D eigenvalue weighted by atomic mass is 32.2. The minimum absolute atomic E-state index is 0.347. The highest BCUT2D eigenvalue weighted by molar-refractivity contribution is 7.84. The van der Waals surface area contributed by atoms with Crippen LogP contribution >= 0.6 is 0 Å². The quantitative estimate of drug-likeness (QED) is 0.799. The first kappa shape index (κ1) is 14.0. The van der Waals surface area contributed by atoms with Crippen molar-refractivity contribution in [3.05, 3.63) is 0 Å². The van der Waals surface area contributed by atoms with Crippen LogP contribution in [0.5, 0.6) is 0 Å². The minimum atomic E-state index is -4.36. The second-order valence-electron chi connectivity index (χ2n) is 3.58. The van der Waals surface area contributed by atoms with Gasteiger partial charge in [0.25, 0.3) is 0 Å². The van der Waals surface area contributed by atoms with E-state index in [2.05, 4.69) is 9.92 Å². The molecule has 1 fully saturated rings. The van der Waals surface area contributed by atoms with Crippen LogP contribution in [-0.2, 0) is 14.5 Å². The first-order valence-electron chi connectivity index (χ1n) is 4.68. The molecule has 0 saturated carbocycles. The Morgan fingerprint density at radius 3 is 2.12 bits per heavy atom. The SMILES string of the molecule is NC(=O)OS(=O)(=O)N1CCC(C(F)(F)F)CC1. The Bertz CT molecular complexity index is 386. The van der Waals surface area contributed by atoms with Gasteiger partial charge >= 0.3 is 22.6 Å². The number of hydrogen-bond acceptors (Lipinski definition) is 4. The van der Waals surface area contributed by atoms with Crippen LogP contribution in [0.15, 0.2) is 0 Å². The molecule has 1 amide bonds. The molecule has 0 aromatic heterocycles. The number of halogens is 3. The largest absolute Gasteiger partial charge is 0.421 e. The van der Waals surface area contributed by atoms with E-state index in [0.717, 1.165) is 0 Å². The standard InChI is InChI=1S/C7H11F3N2O4S/c8-7(9,10)5-1-3-12(4-2-5)17(14,15)16-6(11)13/h5H,1-4H2,(H2,11,13). The average molecular weight is 276 g/mol. The lowest BCUT2D eigenvalue weighted by atomic mass is 9.98. The monoisotopic (exact) mass is 276 g/mol.